The summed E-state index contributed by atoms with van der Waals surface area (Å²) in [5, 5.41) is 2.73. The highest BCUT2D eigenvalue weighted by atomic mass is 32.1. The van der Waals surface area contributed by atoms with Crippen LogP contribution >= 0.6 is 11.3 Å². The standard InChI is InChI=1S/C19H19N5O2S/c1-12-22-16(11-27-12)17-21-10-15(18(25)23-17)19(26)24-8-4-14(5-9-24)13-2-6-20-7-3-13/h2-3,6-7,10-11,14H,4-5,8-9H2,1H3,(H,21,23,25). The number of carbonyl (C=O) groups excluding carboxylic acids is 1. The van der Waals surface area contributed by atoms with Crippen LogP contribution in [0.5, 0.6) is 0 Å². The minimum atomic E-state index is -0.424. The molecule has 0 spiro atoms. The molecule has 0 unspecified atom stereocenters. The summed E-state index contributed by atoms with van der Waals surface area (Å²) in [6.07, 6.45) is 6.70. The molecule has 1 N–H and O–H groups in total. The smallest absolute Gasteiger partial charge is 0.264 e. The van der Waals surface area contributed by atoms with Crippen molar-refractivity contribution < 1.29 is 4.79 Å². The third kappa shape index (κ3) is 3.66. The second kappa shape index (κ2) is 7.40. The van der Waals surface area contributed by atoms with E-state index in [9.17, 15) is 9.59 Å². The fraction of sp³-hybridized carbons (Fsp3) is 0.316. The number of amides is 1. The molecule has 1 saturated heterocycles. The number of rotatable bonds is 3. The Morgan fingerprint density at radius 2 is 2.00 bits per heavy atom. The van der Waals surface area contributed by atoms with E-state index in [1.807, 2.05) is 24.4 Å². The van der Waals surface area contributed by atoms with E-state index in [2.05, 4.69) is 19.9 Å². The maximum absolute atomic E-state index is 12.8. The number of thiazole rings is 1. The molecule has 7 nitrogen and oxygen atoms in total. The molecule has 0 radical (unpaired) electrons. The third-order valence-electron chi connectivity index (χ3n) is 4.85. The Morgan fingerprint density at radius 3 is 2.63 bits per heavy atom. The van der Waals surface area contributed by atoms with Crippen LogP contribution in [0.1, 0.15) is 39.7 Å². The van der Waals surface area contributed by atoms with Crippen LogP contribution in [-0.4, -0.2) is 43.8 Å². The lowest BCUT2D eigenvalue weighted by molar-refractivity contribution is 0.0710. The molecule has 8 heteroatoms. The van der Waals surface area contributed by atoms with Gasteiger partial charge in [-0.3, -0.25) is 14.6 Å². The van der Waals surface area contributed by atoms with Gasteiger partial charge in [-0.05, 0) is 43.4 Å². The van der Waals surface area contributed by atoms with Crippen molar-refractivity contribution in [1.29, 1.82) is 0 Å². The van der Waals surface area contributed by atoms with Gasteiger partial charge in [0.05, 0.1) is 5.01 Å². The first-order chi connectivity index (χ1) is 13.1. The molecule has 1 aliphatic heterocycles. The molecule has 1 amide bonds. The van der Waals surface area contributed by atoms with Crippen molar-refractivity contribution in [2.75, 3.05) is 13.1 Å². The summed E-state index contributed by atoms with van der Waals surface area (Å²) < 4.78 is 0. The van der Waals surface area contributed by atoms with Crippen LogP contribution in [0, 0.1) is 6.92 Å². The number of H-pyrrole nitrogens is 1. The van der Waals surface area contributed by atoms with Crippen LogP contribution in [0.15, 0.2) is 40.9 Å². The predicted molar refractivity (Wildman–Crippen MR) is 103 cm³/mol. The molecule has 0 saturated carbocycles. The van der Waals surface area contributed by atoms with E-state index in [1.54, 1.807) is 17.3 Å². The maximum Gasteiger partial charge on any atom is 0.264 e. The zero-order valence-corrected chi connectivity index (χ0v) is 15.7. The molecule has 1 fully saturated rings. The zero-order valence-electron chi connectivity index (χ0n) is 14.9. The Hall–Kier alpha value is -2.87. The first-order valence-corrected chi connectivity index (χ1v) is 9.71. The van der Waals surface area contributed by atoms with Gasteiger partial charge in [-0.1, -0.05) is 0 Å². The average Bonchev–Trinajstić information content (AvgIpc) is 3.14. The monoisotopic (exact) mass is 381 g/mol. The number of aryl methyl sites for hydroxylation is 1. The molecule has 27 heavy (non-hydrogen) atoms. The minimum Gasteiger partial charge on any atom is -0.338 e. The number of hydrogen-bond donors (Lipinski definition) is 1. The number of hydrogen-bond acceptors (Lipinski definition) is 6. The SMILES string of the molecule is Cc1nc(-c2ncc(C(=O)N3CCC(c4ccncc4)CC3)c(=O)[nH]2)cs1. The highest BCUT2D eigenvalue weighted by molar-refractivity contribution is 7.09. The summed E-state index contributed by atoms with van der Waals surface area (Å²) in [7, 11) is 0. The summed E-state index contributed by atoms with van der Waals surface area (Å²) >= 11 is 1.48. The van der Waals surface area contributed by atoms with Gasteiger partial charge < -0.3 is 9.88 Å². The number of piperidine rings is 1. The van der Waals surface area contributed by atoms with Gasteiger partial charge >= 0.3 is 0 Å². The molecule has 0 atom stereocenters. The van der Waals surface area contributed by atoms with E-state index in [0.29, 0.717) is 30.5 Å². The molecule has 3 aromatic heterocycles. The number of pyridine rings is 1. The van der Waals surface area contributed by atoms with Crippen LogP contribution in [0.4, 0.5) is 0 Å². The summed E-state index contributed by atoms with van der Waals surface area (Å²) in [4.78, 5) is 42.2. The Balaban J connectivity index is 1.46. The average molecular weight is 381 g/mol. The van der Waals surface area contributed by atoms with Crippen molar-refractivity contribution in [3.63, 3.8) is 0 Å². The fourth-order valence-electron chi connectivity index (χ4n) is 3.37. The number of likely N-dealkylation sites (tertiary alicyclic amines) is 1. The van der Waals surface area contributed by atoms with E-state index in [4.69, 9.17) is 0 Å². The van der Waals surface area contributed by atoms with Gasteiger partial charge in [0.25, 0.3) is 11.5 Å². The van der Waals surface area contributed by atoms with Gasteiger partial charge in [-0.25, -0.2) is 9.97 Å². The summed E-state index contributed by atoms with van der Waals surface area (Å²) in [5.41, 5.74) is 1.52. The van der Waals surface area contributed by atoms with E-state index in [-0.39, 0.29) is 11.5 Å². The van der Waals surface area contributed by atoms with Crippen LogP contribution in [-0.2, 0) is 0 Å². The van der Waals surface area contributed by atoms with Gasteiger partial charge in [-0.15, -0.1) is 11.3 Å². The summed E-state index contributed by atoms with van der Waals surface area (Å²) in [6, 6.07) is 4.05. The van der Waals surface area contributed by atoms with Crippen molar-refractivity contribution in [1.82, 2.24) is 24.8 Å². The molecular weight excluding hydrogens is 362 g/mol. The predicted octanol–water partition coefficient (Wildman–Crippen LogP) is 2.62. The van der Waals surface area contributed by atoms with Crippen molar-refractivity contribution in [2.24, 2.45) is 0 Å². The number of nitrogens with zero attached hydrogens (tertiary/aromatic N) is 4. The van der Waals surface area contributed by atoms with E-state index < -0.39 is 5.56 Å². The van der Waals surface area contributed by atoms with Crippen LogP contribution in [0.3, 0.4) is 0 Å². The first kappa shape index (κ1) is 17.5. The lowest BCUT2D eigenvalue weighted by Crippen LogP contribution is -2.40. The van der Waals surface area contributed by atoms with Crippen molar-refractivity contribution in [3.05, 3.63) is 62.6 Å². The molecule has 0 aromatic carbocycles. The molecule has 0 bridgehead atoms. The van der Waals surface area contributed by atoms with Crippen molar-refractivity contribution in [2.45, 2.75) is 25.7 Å². The number of aromatic nitrogens is 4. The quantitative estimate of drug-likeness (QED) is 0.753. The highest BCUT2D eigenvalue weighted by Crippen LogP contribution is 2.28. The second-order valence-electron chi connectivity index (χ2n) is 6.57. The fourth-order valence-corrected chi connectivity index (χ4v) is 3.97. The van der Waals surface area contributed by atoms with Crippen molar-refractivity contribution >= 4 is 17.2 Å². The van der Waals surface area contributed by atoms with Gasteiger partial charge in [0.2, 0.25) is 0 Å². The Bertz CT molecular complexity index is 1010. The molecule has 4 rings (SSSR count). The summed E-state index contributed by atoms with van der Waals surface area (Å²) in [5.74, 6) is 0.541. The van der Waals surface area contributed by atoms with Crippen molar-refractivity contribution in [3.8, 4) is 11.5 Å². The van der Waals surface area contributed by atoms with Gasteiger partial charge in [0, 0.05) is 37.1 Å². The van der Waals surface area contributed by atoms with E-state index >= 15 is 0 Å². The van der Waals surface area contributed by atoms with Crippen LogP contribution < -0.4 is 5.56 Å². The molecule has 3 aromatic rings. The maximum atomic E-state index is 12.8. The largest absolute Gasteiger partial charge is 0.338 e. The van der Waals surface area contributed by atoms with E-state index in [1.165, 1.54) is 23.1 Å². The second-order valence-corrected chi connectivity index (χ2v) is 7.64. The third-order valence-corrected chi connectivity index (χ3v) is 5.62. The van der Waals surface area contributed by atoms with E-state index in [0.717, 1.165) is 17.8 Å². The molecular formula is C19H19N5O2S. The molecule has 1 aliphatic rings. The van der Waals surface area contributed by atoms with Gasteiger partial charge in [0.15, 0.2) is 5.82 Å². The number of nitrogens with one attached hydrogen (secondary N) is 1. The number of carbonyl (C=O) groups is 1. The lowest BCUT2D eigenvalue weighted by Gasteiger charge is -2.32. The topological polar surface area (TPSA) is 91.8 Å². The van der Waals surface area contributed by atoms with Crippen LogP contribution in [0.25, 0.3) is 11.5 Å². The Morgan fingerprint density at radius 1 is 1.26 bits per heavy atom. The van der Waals surface area contributed by atoms with Crippen LogP contribution in [0.2, 0.25) is 0 Å². The van der Waals surface area contributed by atoms with Gasteiger partial charge in [0.1, 0.15) is 11.3 Å². The highest BCUT2D eigenvalue weighted by Gasteiger charge is 2.26. The molecule has 138 valence electrons. The molecule has 4 heterocycles. The first-order valence-electron chi connectivity index (χ1n) is 8.83. The minimum absolute atomic E-state index is 0.0769. The molecule has 0 aliphatic carbocycles. The summed E-state index contributed by atoms with van der Waals surface area (Å²) in [6.45, 7) is 3.14. The van der Waals surface area contributed by atoms with Gasteiger partial charge in [-0.2, -0.15) is 0 Å². The number of aromatic amines is 1. The Kier molecular flexibility index (Phi) is 4.81. The Labute approximate surface area is 160 Å². The zero-order chi connectivity index (χ0) is 18.8. The normalized spacial score (nSPS) is 15.1. The lowest BCUT2D eigenvalue weighted by atomic mass is 9.90.